The Balaban J connectivity index is 2.45. The second-order valence-corrected chi connectivity index (χ2v) is 5.33. The maximum Gasteiger partial charge on any atom is 0.249 e. The lowest BCUT2D eigenvalue weighted by Crippen LogP contribution is -2.58. The van der Waals surface area contributed by atoms with Gasteiger partial charge >= 0.3 is 0 Å². The van der Waals surface area contributed by atoms with E-state index in [0.29, 0.717) is 12.0 Å². The van der Waals surface area contributed by atoms with Gasteiger partial charge in [0.1, 0.15) is 6.04 Å². The zero-order chi connectivity index (χ0) is 14.9. The maximum absolute atomic E-state index is 14.4. The van der Waals surface area contributed by atoms with E-state index in [1.807, 2.05) is 6.92 Å². The standard InChI is InChI=1S/C13H15BrFN3O2/c1-2-8-13(20)17-10(19)6-18(8)9-4-3-7(5-16)11(14)12(9)15/h3-4,8H,2,5-6,16H2,1H3,(H,17,19,20). The molecule has 5 nitrogen and oxygen atoms in total. The van der Waals surface area contributed by atoms with Crippen molar-refractivity contribution in [1.29, 1.82) is 0 Å². The third-order valence-electron chi connectivity index (χ3n) is 3.31. The van der Waals surface area contributed by atoms with Gasteiger partial charge in [-0.2, -0.15) is 0 Å². The lowest BCUT2D eigenvalue weighted by Gasteiger charge is -2.35. The number of benzene rings is 1. The molecule has 2 amide bonds. The highest BCUT2D eigenvalue weighted by molar-refractivity contribution is 9.10. The molecule has 1 unspecified atom stereocenters. The first-order valence-electron chi connectivity index (χ1n) is 6.26. The van der Waals surface area contributed by atoms with Gasteiger partial charge < -0.3 is 10.6 Å². The summed E-state index contributed by atoms with van der Waals surface area (Å²) < 4.78 is 14.7. The molecular formula is C13H15BrFN3O2. The summed E-state index contributed by atoms with van der Waals surface area (Å²) in [6, 6.07) is 2.68. The van der Waals surface area contributed by atoms with Gasteiger partial charge in [0, 0.05) is 6.54 Å². The molecular weight excluding hydrogens is 329 g/mol. The van der Waals surface area contributed by atoms with Crippen molar-refractivity contribution in [3.05, 3.63) is 28.0 Å². The predicted molar refractivity (Wildman–Crippen MR) is 76.6 cm³/mol. The highest BCUT2D eigenvalue weighted by Gasteiger charge is 2.34. The van der Waals surface area contributed by atoms with Crippen LogP contribution in [-0.4, -0.2) is 24.4 Å². The average Bonchev–Trinajstić information content (AvgIpc) is 2.41. The Labute approximate surface area is 124 Å². The summed E-state index contributed by atoms with van der Waals surface area (Å²) in [5.41, 5.74) is 6.37. The van der Waals surface area contributed by atoms with E-state index in [-0.39, 0.29) is 23.2 Å². The summed E-state index contributed by atoms with van der Waals surface area (Å²) in [6.45, 7) is 1.97. The highest BCUT2D eigenvalue weighted by Crippen LogP contribution is 2.31. The van der Waals surface area contributed by atoms with Crippen LogP contribution in [0, 0.1) is 5.82 Å². The highest BCUT2D eigenvalue weighted by atomic mass is 79.9. The SMILES string of the molecule is CCC1C(=O)NC(=O)CN1c1ccc(CN)c(Br)c1F. The number of anilines is 1. The molecule has 0 aromatic heterocycles. The average molecular weight is 344 g/mol. The minimum Gasteiger partial charge on any atom is -0.348 e. The van der Waals surface area contributed by atoms with E-state index in [2.05, 4.69) is 21.2 Å². The molecule has 0 aliphatic carbocycles. The number of carbonyl (C=O) groups excluding carboxylic acids is 2. The topological polar surface area (TPSA) is 75.4 Å². The zero-order valence-electron chi connectivity index (χ0n) is 11.0. The Morgan fingerprint density at radius 2 is 2.20 bits per heavy atom. The van der Waals surface area contributed by atoms with Crippen LogP contribution in [-0.2, 0) is 16.1 Å². The number of carbonyl (C=O) groups is 2. The molecule has 0 radical (unpaired) electrons. The van der Waals surface area contributed by atoms with Crippen molar-refractivity contribution in [2.75, 3.05) is 11.4 Å². The first-order chi connectivity index (χ1) is 9.49. The Hall–Kier alpha value is -1.47. The first kappa shape index (κ1) is 14.9. The second-order valence-electron chi connectivity index (χ2n) is 4.54. The van der Waals surface area contributed by atoms with Crippen LogP contribution in [0.25, 0.3) is 0 Å². The largest absolute Gasteiger partial charge is 0.348 e. The summed E-state index contributed by atoms with van der Waals surface area (Å²) in [4.78, 5) is 24.8. The number of rotatable bonds is 3. The van der Waals surface area contributed by atoms with Gasteiger partial charge in [-0.1, -0.05) is 13.0 Å². The normalized spacial score (nSPS) is 19.2. The molecule has 1 aliphatic rings. The monoisotopic (exact) mass is 343 g/mol. The summed E-state index contributed by atoms with van der Waals surface area (Å²) in [7, 11) is 0. The quantitative estimate of drug-likeness (QED) is 0.811. The van der Waals surface area contributed by atoms with Crippen molar-refractivity contribution >= 4 is 33.4 Å². The molecule has 1 aromatic rings. The second kappa shape index (κ2) is 5.88. The summed E-state index contributed by atoms with van der Waals surface area (Å²) in [5, 5.41) is 2.26. The van der Waals surface area contributed by atoms with E-state index in [1.54, 1.807) is 12.1 Å². The molecule has 3 N–H and O–H groups in total. The number of halogens is 2. The number of hydrogen-bond acceptors (Lipinski definition) is 4. The van der Waals surface area contributed by atoms with Gasteiger partial charge in [-0.05, 0) is 34.0 Å². The van der Waals surface area contributed by atoms with E-state index < -0.39 is 23.7 Å². The molecule has 1 fully saturated rings. The molecule has 1 atom stereocenters. The van der Waals surface area contributed by atoms with E-state index >= 15 is 0 Å². The number of hydrogen-bond donors (Lipinski definition) is 2. The van der Waals surface area contributed by atoms with Crippen molar-refractivity contribution < 1.29 is 14.0 Å². The van der Waals surface area contributed by atoms with E-state index in [9.17, 15) is 14.0 Å². The molecule has 7 heteroatoms. The minimum atomic E-state index is -0.558. The molecule has 1 heterocycles. The maximum atomic E-state index is 14.4. The molecule has 1 aromatic carbocycles. The molecule has 0 saturated carbocycles. The van der Waals surface area contributed by atoms with E-state index in [4.69, 9.17) is 5.73 Å². The molecule has 108 valence electrons. The number of amides is 2. The van der Waals surface area contributed by atoms with Crippen molar-refractivity contribution in [3.63, 3.8) is 0 Å². The molecule has 0 spiro atoms. The van der Waals surface area contributed by atoms with Crippen molar-refractivity contribution in [2.24, 2.45) is 5.73 Å². The molecule has 1 saturated heterocycles. The van der Waals surface area contributed by atoms with Gasteiger partial charge in [0.2, 0.25) is 11.8 Å². The van der Waals surface area contributed by atoms with Crippen LogP contribution >= 0.6 is 15.9 Å². The minimum absolute atomic E-state index is 0.0461. The molecule has 20 heavy (non-hydrogen) atoms. The van der Waals surface area contributed by atoms with Crippen LogP contribution in [0.1, 0.15) is 18.9 Å². The van der Waals surface area contributed by atoms with Crippen LogP contribution in [0.3, 0.4) is 0 Å². The molecule has 0 bridgehead atoms. The summed E-state index contributed by atoms with van der Waals surface area (Å²) in [6.07, 6.45) is 0.481. The van der Waals surface area contributed by atoms with Gasteiger partial charge in [0.15, 0.2) is 5.82 Å². The Bertz CT molecular complexity index is 565. The first-order valence-corrected chi connectivity index (χ1v) is 7.06. The Morgan fingerprint density at radius 3 is 2.80 bits per heavy atom. The summed E-state index contributed by atoms with van der Waals surface area (Å²) in [5.74, 6) is -1.34. The third-order valence-corrected chi connectivity index (χ3v) is 4.17. The van der Waals surface area contributed by atoms with E-state index in [1.165, 1.54) is 4.90 Å². The van der Waals surface area contributed by atoms with Gasteiger partial charge in [-0.15, -0.1) is 0 Å². The Kier molecular flexibility index (Phi) is 4.39. The van der Waals surface area contributed by atoms with E-state index in [0.717, 1.165) is 0 Å². The fourth-order valence-electron chi connectivity index (χ4n) is 2.28. The lowest BCUT2D eigenvalue weighted by atomic mass is 10.1. The number of piperazine rings is 1. The number of nitrogens with two attached hydrogens (primary N) is 1. The van der Waals surface area contributed by atoms with Gasteiger partial charge in [0.05, 0.1) is 16.7 Å². The van der Waals surface area contributed by atoms with Crippen LogP contribution in [0.2, 0.25) is 0 Å². The van der Waals surface area contributed by atoms with Crippen LogP contribution in [0.5, 0.6) is 0 Å². The lowest BCUT2D eigenvalue weighted by molar-refractivity contribution is -0.132. The third kappa shape index (κ3) is 2.55. The molecule has 1 aliphatic heterocycles. The fraction of sp³-hybridized carbons (Fsp3) is 0.385. The van der Waals surface area contributed by atoms with Gasteiger partial charge in [-0.3, -0.25) is 14.9 Å². The summed E-state index contributed by atoms with van der Waals surface area (Å²) >= 11 is 3.16. The van der Waals surface area contributed by atoms with Gasteiger partial charge in [0.25, 0.3) is 0 Å². The van der Waals surface area contributed by atoms with Crippen LogP contribution in [0.4, 0.5) is 10.1 Å². The Morgan fingerprint density at radius 1 is 1.50 bits per heavy atom. The fourth-order valence-corrected chi connectivity index (χ4v) is 2.78. The zero-order valence-corrected chi connectivity index (χ0v) is 12.5. The van der Waals surface area contributed by atoms with Crippen LogP contribution < -0.4 is 16.0 Å². The predicted octanol–water partition coefficient (Wildman–Crippen LogP) is 1.29. The smallest absolute Gasteiger partial charge is 0.249 e. The number of imide groups is 1. The van der Waals surface area contributed by atoms with Crippen molar-refractivity contribution in [1.82, 2.24) is 5.32 Å². The van der Waals surface area contributed by atoms with Gasteiger partial charge in [-0.25, -0.2) is 4.39 Å². The number of nitrogens with zero attached hydrogens (tertiary/aromatic N) is 1. The van der Waals surface area contributed by atoms with Crippen molar-refractivity contribution in [3.8, 4) is 0 Å². The van der Waals surface area contributed by atoms with Crippen LogP contribution in [0.15, 0.2) is 16.6 Å². The van der Waals surface area contributed by atoms with Crippen molar-refractivity contribution in [2.45, 2.75) is 25.9 Å². The number of nitrogens with one attached hydrogen (secondary N) is 1. The molecule has 2 rings (SSSR count).